The minimum absolute atomic E-state index is 0.00175. The summed E-state index contributed by atoms with van der Waals surface area (Å²) in [5.41, 5.74) is 1.23. The molecule has 2 N–H and O–H groups in total. The Morgan fingerprint density at radius 3 is 2.88 bits per heavy atom. The number of aliphatic hydroxyl groups is 1. The molecule has 0 aliphatic heterocycles. The van der Waals surface area contributed by atoms with E-state index in [4.69, 9.17) is 4.98 Å². The molecule has 24 heavy (non-hydrogen) atoms. The largest absolute Gasteiger partial charge is 0.392 e. The zero-order valence-corrected chi connectivity index (χ0v) is 15.4. The molecule has 0 saturated heterocycles. The number of nitrogens with one attached hydrogen (secondary N) is 1. The molecule has 1 atom stereocenters. The van der Waals surface area contributed by atoms with Crippen LogP contribution in [-0.2, 0) is 19.4 Å². The summed E-state index contributed by atoms with van der Waals surface area (Å²) in [6, 6.07) is 0. The maximum Gasteiger partial charge on any atom is 0.259 e. The minimum Gasteiger partial charge on any atom is -0.392 e. The fourth-order valence-electron chi connectivity index (χ4n) is 3.47. The maximum absolute atomic E-state index is 12.6. The van der Waals surface area contributed by atoms with Crippen molar-refractivity contribution in [2.24, 2.45) is 0 Å². The van der Waals surface area contributed by atoms with Gasteiger partial charge >= 0.3 is 0 Å². The van der Waals surface area contributed by atoms with Crippen molar-refractivity contribution in [1.82, 2.24) is 14.9 Å². The Bertz CT molecular complexity index is 753. The van der Waals surface area contributed by atoms with Crippen LogP contribution in [0.5, 0.6) is 0 Å². The Hall–Kier alpha value is -1.24. The fraction of sp³-hybridized carbons (Fsp3) is 0.667. The van der Waals surface area contributed by atoms with Gasteiger partial charge in [0.05, 0.1) is 18.0 Å². The third kappa shape index (κ3) is 3.71. The summed E-state index contributed by atoms with van der Waals surface area (Å²) in [5, 5.41) is 10.8. The highest BCUT2D eigenvalue weighted by atomic mass is 32.1. The molecular formula is C18H27N3O2S. The summed E-state index contributed by atoms with van der Waals surface area (Å²) in [4.78, 5) is 24.7. The van der Waals surface area contributed by atoms with Gasteiger partial charge in [-0.1, -0.05) is 13.8 Å². The van der Waals surface area contributed by atoms with Crippen LogP contribution in [0.25, 0.3) is 10.2 Å². The number of rotatable bonds is 7. The molecule has 0 unspecified atom stereocenters. The standard InChI is InChI=1S/C18H27N3O2S/c1-3-9-21(10-12(22)4-2)11-15-19-17(23)16-13-7-5-6-8-14(13)24-18(16)20-15/h12,22H,3-11H2,1-2H3,(H,19,20,23)/t12-/m1/s1. The van der Waals surface area contributed by atoms with E-state index in [2.05, 4.69) is 16.8 Å². The van der Waals surface area contributed by atoms with Crippen LogP contribution in [0.2, 0.25) is 0 Å². The van der Waals surface area contributed by atoms with Crippen molar-refractivity contribution in [2.75, 3.05) is 13.1 Å². The molecule has 3 rings (SSSR count). The SMILES string of the molecule is CCCN(Cc1nc2sc3c(c2c(=O)[nH]1)CCCC3)C[C@H](O)CC. The molecule has 0 saturated carbocycles. The van der Waals surface area contributed by atoms with Gasteiger partial charge in [-0.3, -0.25) is 9.69 Å². The summed E-state index contributed by atoms with van der Waals surface area (Å²) in [7, 11) is 0. The third-order valence-electron chi connectivity index (χ3n) is 4.73. The van der Waals surface area contributed by atoms with E-state index in [-0.39, 0.29) is 11.7 Å². The lowest BCUT2D eigenvalue weighted by molar-refractivity contribution is 0.104. The summed E-state index contributed by atoms with van der Waals surface area (Å²) < 4.78 is 0. The lowest BCUT2D eigenvalue weighted by Crippen LogP contribution is -2.33. The Morgan fingerprint density at radius 2 is 2.12 bits per heavy atom. The molecule has 1 aliphatic rings. The van der Waals surface area contributed by atoms with Crippen LogP contribution in [-0.4, -0.2) is 39.2 Å². The number of aromatic nitrogens is 2. The molecule has 1 aliphatic carbocycles. The van der Waals surface area contributed by atoms with E-state index >= 15 is 0 Å². The van der Waals surface area contributed by atoms with Gasteiger partial charge in [-0.05, 0) is 50.6 Å². The molecule has 0 bridgehead atoms. The summed E-state index contributed by atoms with van der Waals surface area (Å²) >= 11 is 1.69. The zero-order chi connectivity index (χ0) is 17.1. The van der Waals surface area contributed by atoms with Crippen LogP contribution in [0.15, 0.2) is 4.79 Å². The number of H-pyrrole nitrogens is 1. The summed E-state index contributed by atoms with van der Waals surface area (Å²) in [5.74, 6) is 0.711. The first-order valence-electron chi connectivity index (χ1n) is 9.06. The van der Waals surface area contributed by atoms with E-state index in [0.29, 0.717) is 18.9 Å². The smallest absolute Gasteiger partial charge is 0.259 e. The number of hydrogen-bond acceptors (Lipinski definition) is 5. The van der Waals surface area contributed by atoms with Crippen LogP contribution in [0.1, 0.15) is 55.8 Å². The van der Waals surface area contributed by atoms with E-state index in [9.17, 15) is 9.90 Å². The number of aromatic amines is 1. The Morgan fingerprint density at radius 1 is 1.33 bits per heavy atom. The van der Waals surface area contributed by atoms with Gasteiger partial charge in [0.15, 0.2) is 0 Å². The molecule has 2 heterocycles. The first-order valence-corrected chi connectivity index (χ1v) is 9.87. The highest BCUT2D eigenvalue weighted by molar-refractivity contribution is 7.18. The highest BCUT2D eigenvalue weighted by Gasteiger charge is 2.20. The summed E-state index contributed by atoms with van der Waals surface area (Å²) in [6.45, 7) is 6.20. The summed E-state index contributed by atoms with van der Waals surface area (Å²) in [6.07, 6.45) is 5.88. The number of hydrogen-bond donors (Lipinski definition) is 2. The van der Waals surface area contributed by atoms with Gasteiger partial charge in [0.1, 0.15) is 10.7 Å². The molecule has 0 aromatic carbocycles. The number of thiophene rings is 1. The topological polar surface area (TPSA) is 69.2 Å². The first-order chi connectivity index (χ1) is 11.6. The second kappa shape index (κ2) is 7.76. The molecule has 132 valence electrons. The number of fused-ring (bicyclic) bond motifs is 3. The van der Waals surface area contributed by atoms with Crippen LogP contribution in [0, 0.1) is 0 Å². The number of aliphatic hydroxyl groups excluding tert-OH is 1. The van der Waals surface area contributed by atoms with Crippen LogP contribution in [0.3, 0.4) is 0 Å². The molecule has 0 fully saturated rings. The molecule has 0 radical (unpaired) electrons. The van der Waals surface area contributed by atoms with E-state index in [1.54, 1.807) is 11.3 Å². The Balaban J connectivity index is 1.88. The quantitative estimate of drug-likeness (QED) is 0.806. The van der Waals surface area contributed by atoms with E-state index in [1.165, 1.54) is 23.3 Å². The maximum atomic E-state index is 12.6. The van der Waals surface area contributed by atoms with Gasteiger partial charge < -0.3 is 10.1 Å². The number of aryl methyl sites for hydroxylation is 2. The van der Waals surface area contributed by atoms with E-state index in [0.717, 1.165) is 42.4 Å². The monoisotopic (exact) mass is 349 g/mol. The van der Waals surface area contributed by atoms with Gasteiger partial charge in [0.25, 0.3) is 5.56 Å². The van der Waals surface area contributed by atoms with Crippen molar-refractivity contribution in [3.8, 4) is 0 Å². The Labute approximate surface area is 146 Å². The predicted molar refractivity (Wildman–Crippen MR) is 98.7 cm³/mol. The minimum atomic E-state index is -0.332. The normalized spacial score (nSPS) is 15.8. The first kappa shape index (κ1) is 17.6. The lowest BCUT2D eigenvalue weighted by Gasteiger charge is -2.23. The second-order valence-electron chi connectivity index (χ2n) is 6.70. The van der Waals surface area contributed by atoms with Gasteiger partial charge in [-0.25, -0.2) is 4.98 Å². The van der Waals surface area contributed by atoms with E-state index in [1.807, 2.05) is 6.92 Å². The lowest BCUT2D eigenvalue weighted by atomic mass is 9.97. The average Bonchev–Trinajstić information content (AvgIpc) is 2.93. The zero-order valence-electron chi connectivity index (χ0n) is 14.6. The van der Waals surface area contributed by atoms with Crippen molar-refractivity contribution in [1.29, 1.82) is 0 Å². The van der Waals surface area contributed by atoms with Crippen LogP contribution < -0.4 is 5.56 Å². The molecule has 2 aromatic rings. The number of nitrogens with zero attached hydrogens (tertiary/aromatic N) is 2. The van der Waals surface area contributed by atoms with Crippen molar-refractivity contribution < 1.29 is 5.11 Å². The molecule has 5 nitrogen and oxygen atoms in total. The molecule has 0 amide bonds. The van der Waals surface area contributed by atoms with Gasteiger partial charge in [0, 0.05) is 11.4 Å². The van der Waals surface area contributed by atoms with Crippen LogP contribution in [0.4, 0.5) is 0 Å². The average molecular weight is 350 g/mol. The predicted octanol–water partition coefficient (Wildman–Crippen LogP) is 2.85. The highest BCUT2D eigenvalue weighted by Crippen LogP contribution is 2.33. The van der Waals surface area contributed by atoms with E-state index < -0.39 is 0 Å². The molecule has 2 aromatic heterocycles. The van der Waals surface area contributed by atoms with Gasteiger partial charge in [0.2, 0.25) is 0 Å². The molecular weight excluding hydrogens is 322 g/mol. The molecule has 0 spiro atoms. The van der Waals surface area contributed by atoms with Crippen LogP contribution >= 0.6 is 11.3 Å². The van der Waals surface area contributed by atoms with Crippen molar-refractivity contribution in [3.05, 3.63) is 26.6 Å². The van der Waals surface area contributed by atoms with Crippen molar-refractivity contribution in [2.45, 2.75) is 65.0 Å². The van der Waals surface area contributed by atoms with Gasteiger partial charge in [-0.15, -0.1) is 11.3 Å². The third-order valence-corrected chi connectivity index (χ3v) is 5.91. The second-order valence-corrected chi connectivity index (χ2v) is 7.78. The Kier molecular flexibility index (Phi) is 5.69. The molecule has 6 heteroatoms. The van der Waals surface area contributed by atoms with Gasteiger partial charge in [-0.2, -0.15) is 0 Å². The van der Waals surface area contributed by atoms with Crippen molar-refractivity contribution in [3.63, 3.8) is 0 Å². The fourth-order valence-corrected chi connectivity index (χ4v) is 4.75. The van der Waals surface area contributed by atoms with Crippen molar-refractivity contribution >= 4 is 21.6 Å².